The van der Waals surface area contributed by atoms with Crippen molar-refractivity contribution in [2.45, 2.75) is 18.9 Å². The van der Waals surface area contributed by atoms with Crippen molar-refractivity contribution in [3.8, 4) is 0 Å². The van der Waals surface area contributed by atoms with Gasteiger partial charge in [-0.3, -0.25) is 9.59 Å². The number of thiocarbonyl (C=S) groups is 1. The van der Waals surface area contributed by atoms with Gasteiger partial charge in [-0.1, -0.05) is 18.3 Å². The molecular formula is C11H13N3O2S. The minimum absolute atomic E-state index is 0.193. The third-order valence-corrected chi connectivity index (χ3v) is 3.11. The topological polar surface area (TPSA) is 79.2 Å². The summed E-state index contributed by atoms with van der Waals surface area (Å²) in [4.78, 5) is 27.8. The molecule has 1 unspecified atom stereocenters. The Kier molecular flexibility index (Phi) is 3.23. The molecule has 2 rings (SSSR count). The molecule has 5 nitrogen and oxygen atoms in total. The van der Waals surface area contributed by atoms with Gasteiger partial charge in [0.2, 0.25) is 5.56 Å². The summed E-state index contributed by atoms with van der Waals surface area (Å²) < 4.78 is 0. The fraction of sp³-hybridized carbons (Fsp3) is 0.364. The van der Waals surface area contributed by atoms with E-state index in [1.807, 2.05) is 0 Å². The van der Waals surface area contributed by atoms with Crippen molar-refractivity contribution in [1.29, 1.82) is 0 Å². The van der Waals surface area contributed by atoms with Crippen LogP contribution < -0.4 is 11.3 Å². The molecule has 1 saturated heterocycles. The Morgan fingerprint density at radius 3 is 2.94 bits per heavy atom. The van der Waals surface area contributed by atoms with E-state index < -0.39 is 0 Å². The number of aromatic amines is 1. The summed E-state index contributed by atoms with van der Waals surface area (Å²) in [7, 11) is 0. The van der Waals surface area contributed by atoms with Gasteiger partial charge in [0.25, 0.3) is 5.91 Å². The van der Waals surface area contributed by atoms with Gasteiger partial charge in [0.05, 0.1) is 11.0 Å². The zero-order valence-corrected chi connectivity index (χ0v) is 10.00. The number of H-pyrrole nitrogens is 1. The fourth-order valence-electron chi connectivity index (χ4n) is 2.03. The summed E-state index contributed by atoms with van der Waals surface area (Å²) in [5, 5.41) is 0. The van der Waals surface area contributed by atoms with Crippen LogP contribution in [0.25, 0.3) is 0 Å². The van der Waals surface area contributed by atoms with Crippen LogP contribution >= 0.6 is 12.2 Å². The average molecular weight is 251 g/mol. The van der Waals surface area contributed by atoms with Crippen LogP contribution in [0.4, 0.5) is 0 Å². The first-order valence-electron chi connectivity index (χ1n) is 5.39. The van der Waals surface area contributed by atoms with E-state index in [1.165, 1.54) is 6.07 Å². The van der Waals surface area contributed by atoms with E-state index in [2.05, 4.69) is 4.98 Å². The lowest BCUT2D eigenvalue weighted by Crippen LogP contribution is -2.43. The number of pyridine rings is 1. The summed E-state index contributed by atoms with van der Waals surface area (Å²) in [5.41, 5.74) is 5.59. The first-order chi connectivity index (χ1) is 8.09. The normalized spacial score (nSPS) is 19.3. The highest BCUT2D eigenvalue weighted by atomic mass is 32.1. The summed E-state index contributed by atoms with van der Waals surface area (Å²) >= 11 is 4.94. The van der Waals surface area contributed by atoms with Crippen LogP contribution in [-0.2, 0) is 0 Å². The maximum Gasteiger partial charge on any atom is 0.270 e. The lowest BCUT2D eigenvalue weighted by Gasteiger charge is -2.23. The van der Waals surface area contributed by atoms with Crippen molar-refractivity contribution >= 4 is 23.1 Å². The predicted molar refractivity (Wildman–Crippen MR) is 67.9 cm³/mol. The lowest BCUT2D eigenvalue weighted by atomic mass is 10.2. The molecule has 6 heteroatoms. The Hall–Kier alpha value is -1.69. The molecule has 1 aromatic heterocycles. The fourth-order valence-corrected chi connectivity index (χ4v) is 2.28. The monoisotopic (exact) mass is 251 g/mol. The maximum absolute atomic E-state index is 12.2. The summed E-state index contributed by atoms with van der Waals surface area (Å²) in [5.74, 6) is -0.224. The number of hydrogen-bond donors (Lipinski definition) is 2. The minimum Gasteiger partial charge on any atom is -0.392 e. The van der Waals surface area contributed by atoms with Crippen molar-refractivity contribution in [2.24, 2.45) is 5.73 Å². The number of likely N-dealkylation sites (tertiary alicyclic amines) is 1. The second kappa shape index (κ2) is 4.67. The van der Waals surface area contributed by atoms with Gasteiger partial charge in [0.1, 0.15) is 5.69 Å². The molecule has 3 N–H and O–H groups in total. The molecule has 0 saturated carbocycles. The first kappa shape index (κ1) is 11.8. The van der Waals surface area contributed by atoms with Crippen LogP contribution in [0.2, 0.25) is 0 Å². The number of hydrogen-bond acceptors (Lipinski definition) is 3. The first-order valence-corrected chi connectivity index (χ1v) is 5.80. The Bertz CT molecular complexity index is 511. The number of nitrogens with two attached hydrogens (primary N) is 1. The Labute approximate surface area is 104 Å². The number of carbonyl (C=O) groups excluding carboxylic acids is 1. The third kappa shape index (κ3) is 2.36. The molecule has 0 aliphatic carbocycles. The van der Waals surface area contributed by atoms with E-state index in [-0.39, 0.29) is 23.2 Å². The molecule has 0 spiro atoms. The molecule has 1 aromatic rings. The zero-order chi connectivity index (χ0) is 12.4. The van der Waals surface area contributed by atoms with Gasteiger partial charge in [-0.15, -0.1) is 0 Å². The van der Waals surface area contributed by atoms with Crippen LogP contribution in [0.5, 0.6) is 0 Å². The minimum atomic E-state index is -0.290. The summed E-state index contributed by atoms with van der Waals surface area (Å²) in [6.45, 7) is 0.623. The molecule has 1 amide bonds. The zero-order valence-electron chi connectivity index (χ0n) is 9.18. The standard InChI is InChI=1S/C11H13N3O2S/c12-10(17)8-4-2-6-14(8)11(16)7-3-1-5-9(15)13-7/h1,3,5,8H,2,4,6H2,(H2,12,17)(H,13,15). The van der Waals surface area contributed by atoms with E-state index in [0.29, 0.717) is 11.5 Å². The average Bonchev–Trinajstić information content (AvgIpc) is 2.77. The number of aromatic nitrogens is 1. The van der Waals surface area contributed by atoms with Crippen molar-refractivity contribution in [3.63, 3.8) is 0 Å². The van der Waals surface area contributed by atoms with E-state index in [9.17, 15) is 9.59 Å². The number of amides is 1. The third-order valence-electron chi connectivity index (χ3n) is 2.84. The van der Waals surface area contributed by atoms with E-state index in [0.717, 1.165) is 12.8 Å². The van der Waals surface area contributed by atoms with Crippen molar-refractivity contribution < 1.29 is 4.79 Å². The van der Waals surface area contributed by atoms with Crippen LogP contribution in [0.1, 0.15) is 23.3 Å². The smallest absolute Gasteiger partial charge is 0.270 e. The van der Waals surface area contributed by atoms with E-state index in [1.54, 1.807) is 17.0 Å². The largest absolute Gasteiger partial charge is 0.392 e. The number of rotatable bonds is 2. The van der Waals surface area contributed by atoms with Crippen LogP contribution in [-0.4, -0.2) is 33.4 Å². The van der Waals surface area contributed by atoms with Gasteiger partial charge >= 0.3 is 0 Å². The molecule has 0 bridgehead atoms. The van der Waals surface area contributed by atoms with E-state index >= 15 is 0 Å². The molecule has 0 aromatic carbocycles. The summed E-state index contributed by atoms with van der Waals surface area (Å²) in [6.07, 6.45) is 1.67. The molecule has 90 valence electrons. The second-order valence-electron chi connectivity index (χ2n) is 3.99. The Balaban J connectivity index is 2.26. The van der Waals surface area contributed by atoms with E-state index in [4.69, 9.17) is 18.0 Å². The predicted octanol–water partition coefficient (Wildman–Crippen LogP) is 0.266. The number of nitrogens with zero attached hydrogens (tertiary/aromatic N) is 1. The summed E-state index contributed by atoms with van der Waals surface area (Å²) in [6, 6.07) is 4.31. The molecule has 2 heterocycles. The second-order valence-corrected chi connectivity index (χ2v) is 4.46. The highest BCUT2D eigenvalue weighted by Crippen LogP contribution is 2.19. The van der Waals surface area contributed by atoms with Gasteiger partial charge in [0, 0.05) is 12.6 Å². The Morgan fingerprint density at radius 2 is 2.29 bits per heavy atom. The molecule has 1 aliphatic heterocycles. The number of nitrogens with one attached hydrogen (secondary N) is 1. The molecule has 1 aliphatic rings. The van der Waals surface area contributed by atoms with Crippen LogP contribution in [0, 0.1) is 0 Å². The SMILES string of the molecule is NC(=S)C1CCCN1C(=O)c1cccc(=O)[nH]1. The van der Waals surface area contributed by atoms with Gasteiger partial charge < -0.3 is 15.6 Å². The van der Waals surface area contributed by atoms with Crippen molar-refractivity contribution in [1.82, 2.24) is 9.88 Å². The molecule has 1 fully saturated rings. The Morgan fingerprint density at radius 1 is 1.53 bits per heavy atom. The van der Waals surface area contributed by atoms with Gasteiger partial charge in [0.15, 0.2) is 0 Å². The quantitative estimate of drug-likeness (QED) is 0.739. The van der Waals surface area contributed by atoms with Gasteiger partial charge in [-0.05, 0) is 18.9 Å². The molecule has 0 radical (unpaired) electrons. The molecular weight excluding hydrogens is 238 g/mol. The van der Waals surface area contributed by atoms with Gasteiger partial charge in [-0.2, -0.15) is 0 Å². The molecule has 17 heavy (non-hydrogen) atoms. The molecule has 1 atom stereocenters. The van der Waals surface area contributed by atoms with Crippen molar-refractivity contribution in [3.05, 3.63) is 34.2 Å². The number of carbonyl (C=O) groups is 1. The van der Waals surface area contributed by atoms with Gasteiger partial charge in [-0.25, -0.2) is 0 Å². The van der Waals surface area contributed by atoms with Crippen molar-refractivity contribution in [2.75, 3.05) is 6.54 Å². The lowest BCUT2D eigenvalue weighted by molar-refractivity contribution is 0.0764. The maximum atomic E-state index is 12.2. The van der Waals surface area contributed by atoms with Crippen LogP contribution in [0.3, 0.4) is 0 Å². The van der Waals surface area contributed by atoms with Crippen LogP contribution in [0.15, 0.2) is 23.0 Å². The highest BCUT2D eigenvalue weighted by Gasteiger charge is 2.31. The highest BCUT2D eigenvalue weighted by molar-refractivity contribution is 7.80.